The van der Waals surface area contributed by atoms with Crippen LogP contribution in [0.3, 0.4) is 0 Å². The van der Waals surface area contributed by atoms with E-state index in [4.69, 9.17) is 9.72 Å². The van der Waals surface area contributed by atoms with Crippen LogP contribution in [0, 0.1) is 0 Å². The maximum absolute atomic E-state index is 5.77. The van der Waals surface area contributed by atoms with E-state index in [0.29, 0.717) is 0 Å². The Balaban J connectivity index is 1.92. The molecule has 0 bridgehead atoms. The van der Waals surface area contributed by atoms with Crippen LogP contribution in [0.4, 0.5) is 0 Å². The number of hydrogen-bond acceptors (Lipinski definition) is 4. The van der Waals surface area contributed by atoms with Gasteiger partial charge in [-0.05, 0) is 25.8 Å². The van der Waals surface area contributed by atoms with Gasteiger partial charge in [-0.25, -0.2) is 4.98 Å². The van der Waals surface area contributed by atoms with Crippen LogP contribution in [-0.4, -0.2) is 25.2 Å². The zero-order valence-electron chi connectivity index (χ0n) is 11.5. The molecule has 4 heteroatoms. The lowest BCUT2D eigenvalue weighted by molar-refractivity contribution is -0.00896. The molecule has 0 unspecified atom stereocenters. The first-order valence-electron chi connectivity index (χ1n) is 7.01. The quantitative estimate of drug-likeness (QED) is 0.772. The van der Waals surface area contributed by atoms with Crippen molar-refractivity contribution in [3.05, 3.63) is 16.1 Å². The molecule has 0 aromatic carbocycles. The van der Waals surface area contributed by atoms with E-state index in [1.165, 1.54) is 30.0 Å². The van der Waals surface area contributed by atoms with Crippen molar-refractivity contribution in [2.75, 3.05) is 20.2 Å². The van der Waals surface area contributed by atoms with E-state index in [2.05, 4.69) is 17.6 Å². The van der Waals surface area contributed by atoms with Crippen molar-refractivity contribution in [3.63, 3.8) is 0 Å². The molecule has 0 aliphatic heterocycles. The Hall–Kier alpha value is -0.450. The molecule has 3 nitrogen and oxygen atoms in total. The molecule has 102 valence electrons. The van der Waals surface area contributed by atoms with E-state index in [0.717, 1.165) is 32.4 Å². The lowest BCUT2D eigenvalue weighted by Crippen LogP contribution is -2.24. The Morgan fingerprint density at radius 2 is 2.17 bits per heavy atom. The van der Waals surface area contributed by atoms with E-state index >= 15 is 0 Å². The number of nitrogens with zero attached hydrogens (tertiary/aromatic N) is 1. The molecule has 1 aliphatic rings. The third-order valence-corrected chi connectivity index (χ3v) is 4.80. The van der Waals surface area contributed by atoms with Gasteiger partial charge in [-0.3, -0.25) is 0 Å². The molecule has 1 aromatic rings. The first-order valence-corrected chi connectivity index (χ1v) is 7.89. The van der Waals surface area contributed by atoms with Gasteiger partial charge >= 0.3 is 0 Å². The van der Waals surface area contributed by atoms with Gasteiger partial charge < -0.3 is 10.1 Å². The fraction of sp³-hybridized carbons (Fsp3) is 0.786. The van der Waals surface area contributed by atoms with Crippen LogP contribution < -0.4 is 5.32 Å². The molecule has 1 saturated carbocycles. The molecule has 0 spiro atoms. The summed E-state index contributed by atoms with van der Waals surface area (Å²) < 4.78 is 5.77. The van der Waals surface area contributed by atoms with Crippen LogP contribution in [-0.2, 0) is 16.8 Å². The van der Waals surface area contributed by atoms with Crippen molar-refractivity contribution in [2.45, 2.75) is 51.0 Å². The molecular weight excluding hydrogens is 244 g/mol. The summed E-state index contributed by atoms with van der Waals surface area (Å²) in [6.45, 7) is 4.31. The topological polar surface area (TPSA) is 34.1 Å². The molecule has 0 radical (unpaired) electrons. The Bertz CT molecular complexity index is 358. The van der Waals surface area contributed by atoms with E-state index < -0.39 is 0 Å². The van der Waals surface area contributed by atoms with Gasteiger partial charge in [-0.1, -0.05) is 19.8 Å². The van der Waals surface area contributed by atoms with Crippen LogP contribution in [0.2, 0.25) is 0 Å². The lowest BCUT2D eigenvalue weighted by atomic mass is 10.0. The van der Waals surface area contributed by atoms with Crippen LogP contribution in [0.5, 0.6) is 0 Å². The second-order valence-electron chi connectivity index (χ2n) is 5.05. The van der Waals surface area contributed by atoms with E-state index in [9.17, 15) is 0 Å². The molecule has 0 saturated heterocycles. The number of aromatic nitrogens is 1. The maximum atomic E-state index is 5.77. The summed E-state index contributed by atoms with van der Waals surface area (Å²) in [4.78, 5) is 4.79. The minimum Gasteiger partial charge on any atom is -0.371 e. The van der Waals surface area contributed by atoms with Gasteiger partial charge in [0.15, 0.2) is 0 Å². The lowest BCUT2D eigenvalue weighted by Gasteiger charge is -2.24. The van der Waals surface area contributed by atoms with Gasteiger partial charge in [0.05, 0.1) is 5.69 Å². The normalized spacial score (nSPS) is 18.3. The highest BCUT2D eigenvalue weighted by atomic mass is 32.1. The Kier molecular flexibility index (Phi) is 5.15. The largest absolute Gasteiger partial charge is 0.371 e. The highest BCUT2D eigenvalue weighted by molar-refractivity contribution is 7.09. The van der Waals surface area contributed by atoms with Crippen molar-refractivity contribution in [1.29, 1.82) is 0 Å². The van der Waals surface area contributed by atoms with Gasteiger partial charge in [0.25, 0.3) is 0 Å². The molecule has 0 atom stereocenters. The van der Waals surface area contributed by atoms with Crippen molar-refractivity contribution >= 4 is 11.3 Å². The average Bonchev–Trinajstić information content (AvgIpc) is 3.04. The fourth-order valence-electron chi connectivity index (χ4n) is 2.60. The van der Waals surface area contributed by atoms with Gasteiger partial charge in [-0.15, -0.1) is 11.3 Å². The van der Waals surface area contributed by atoms with Crippen LogP contribution >= 0.6 is 11.3 Å². The number of hydrogen-bond donors (Lipinski definition) is 1. The van der Waals surface area contributed by atoms with Crippen molar-refractivity contribution in [2.24, 2.45) is 0 Å². The first-order chi connectivity index (χ1) is 8.80. The van der Waals surface area contributed by atoms with E-state index in [-0.39, 0.29) is 5.60 Å². The molecule has 0 amide bonds. The number of rotatable bonds is 7. The number of nitrogens with one attached hydrogen (secondary N) is 1. The predicted octanol–water partition coefficient (Wildman–Crippen LogP) is 3.10. The molecule has 18 heavy (non-hydrogen) atoms. The molecule has 2 rings (SSSR count). The standard InChI is InChI=1S/C14H24N2OS/c1-3-9-15-10-6-12-11-18-13(16-12)14(17-2)7-4-5-8-14/h11,15H,3-10H2,1-2H3. The molecule has 1 aromatic heterocycles. The Labute approximate surface area is 114 Å². The summed E-state index contributed by atoms with van der Waals surface area (Å²) in [6, 6.07) is 0. The SMILES string of the molecule is CCCNCCc1csc(C2(OC)CCCC2)n1. The smallest absolute Gasteiger partial charge is 0.125 e. The molecule has 1 fully saturated rings. The third-order valence-electron chi connectivity index (χ3n) is 3.73. The Morgan fingerprint density at radius 3 is 2.83 bits per heavy atom. The first kappa shape index (κ1) is 14.0. The average molecular weight is 268 g/mol. The van der Waals surface area contributed by atoms with Gasteiger partial charge in [0, 0.05) is 25.5 Å². The van der Waals surface area contributed by atoms with Crippen LogP contribution in [0.15, 0.2) is 5.38 Å². The summed E-state index contributed by atoms with van der Waals surface area (Å²) >= 11 is 1.77. The monoisotopic (exact) mass is 268 g/mol. The minimum absolute atomic E-state index is 0.0697. The summed E-state index contributed by atoms with van der Waals surface area (Å²) in [5.41, 5.74) is 1.14. The summed E-state index contributed by atoms with van der Waals surface area (Å²) in [7, 11) is 1.83. The van der Waals surface area contributed by atoms with E-state index in [1.807, 2.05) is 7.11 Å². The second kappa shape index (κ2) is 6.64. The van der Waals surface area contributed by atoms with Crippen molar-refractivity contribution < 1.29 is 4.74 Å². The summed E-state index contributed by atoms with van der Waals surface area (Å²) in [5.74, 6) is 0. The number of methoxy groups -OCH3 is 1. The number of thiazole rings is 1. The summed E-state index contributed by atoms with van der Waals surface area (Å²) in [5, 5.41) is 6.80. The Morgan fingerprint density at radius 1 is 1.39 bits per heavy atom. The molecule has 1 aliphatic carbocycles. The highest BCUT2D eigenvalue weighted by Gasteiger charge is 2.38. The second-order valence-corrected chi connectivity index (χ2v) is 5.91. The number of ether oxygens (including phenoxy) is 1. The molecule has 1 N–H and O–H groups in total. The van der Waals surface area contributed by atoms with Crippen LogP contribution in [0.25, 0.3) is 0 Å². The minimum atomic E-state index is -0.0697. The van der Waals surface area contributed by atoms with Crippen LogP contribution in [0.1, 0.15) is 49.7 Å². The maximum Gasteiger partial charge on any atom is 0.125 e. The van der Waals surface area contributed by atoms with Gasteiger partial charge in [0.2, 0.25) is 0 Å². The summed E-state index contributed by atoms with van der Waals surface area (Å²) in [6.07, 6.45) is 7.00. The van der Waals surface area contributed by atoms with Gasteiger partial charge in [-0.2, -0.15) is 0 Å². The van der Waals surface area contributed by atoms with Crippen molar-refractivity contribution in [1.82, 2.24) is 10.3 Å². The third kappa shape index (κ3) is 3.11. The zero-order valence-corrected chi connectivity index (χ0v) is 12.3. The molecule has 1 heterocycles. The van der Waals surface area contributed by atoms with Gasteiger partial charge in [0.1, 0.15) is 10.6 Å². The predicted molar refractivity (Wildman–Crippen MR) is 76.1 cm³/mol. The zero-order chi connectivity index (χ0) is 12.8. The fourth-order valence-corrected chi connectivity index (χ4v) is 3.69. The van der Waals surface area contributed by atoms with Crippen molar-refractivity contribution in [3.8, 4) is 0 Å². The molecular formula is C14H24N2OS. The highest BCUT2D eigenvalue weighted by Crippen LogP contribution is 2.42. The van der Waals surface area contributed by atoms with E-state index in [1.54, 1.807) is 11.3 Å².